The van der Waals surface area contributed by atoms with Crippen LogP contribution in [0.25, 0.3) is 0 Å². The zero-order valence-electron chi connectivity index (χ0n) is 16.6. The van der Waals surface area contributed by atoms with Gasteiger partial charge in [0, 0.05) is 28.5 Å². The van der Waals surface area contributed by atoms with E-state index in [-0.39, 0.29) is 5.91 Å². The van der Waals surface area contributed by atoms with E-state index >= 15 is 0 Å². The number of halogens is 1. The highest BCUT2D eigenvalue weighted by atomic mass is 35.5. The topological polar surface area (TPSA) is 93.4 Å². The molecule has 0 spiro atoms. The lowest BCUT2D eigenvalue weighted by molar-refractivity contribution is -0.136. The van der Waals surface area contributed by atoms with E-state index in [9.17, 15) is 9.59 Å². The van der Waals surface area contributed by atoms with E-state index < -0.39 is 11.9 Å². The Labute approximate surface area is 171 Å². The Bertz CT molecular complexity index is 802. The SMILES string of the molecule is COC(=O)C1=C(C)NC(C)=C(C(=O)NCCCCCN)C1c1ccccc1Cl. The Morgan fingerprint density at radius 1 is 1.14 bits per heavy atom. The normalized spacial score (nSPS) is 16.7. The van der Waals surface area contributed by atoms with Crippen LogP contribution in [-0.2, 0) is 14.3 Å². The predicted molar refractivity (Wildman–Crippen MR) is 111 cm³/mol. The molecule has 1 heterocycles. The largest absolute Gasteiger partial charge is 0.466 e. The molecule has 1 aromatic rings. The number of esters is 1. The summed E-state index contributed by atoms with van der Waals surface area (Å²) in [7, 11) is 1.33. The zero-order valence-corrected chi connectivity index (χ0v) is 17.4. The standard InChI is InChI=1S/C21H28ClN3O3/c1-13-17(20(26)24-12-8-4-7-11-23)19(15-9-5-6-10-16(15)22)18(14(2)25-13)21(27)28-3/h5-6,9-10,19,25H,4,7-8,11-12,23H2,1-3H3,(H,24,26). The molecule has 0 saturated heterocycles. The molecule has 4 N–H and O–H groups in total. The number of unbranched alkanes of at least 4 members (excludes halogenated alkanes) is 2. The molecule has 2 rings (SSSR count). The molecule has 1 amide bonds. The van der Waals surface area contributed by atoms with E-state index in [0.29, 0.717) is 46.2 Å². The van der Waals surface area contributed by atoms with E-state index in [2.05, 4.69) is 10.6 Å². The van der Waals surface area contributed by atoms with Crippen LogP contribution in [0.5, 0.6) is 0 Å². The molecule has 1 aliphatic heterocycles. The third-order valence-corrected chi connectivity index (χ3v) is 5.14. The van der Waals surface area contributed by atoms with E-state index in [1.54, 1.807) is 13.0 Å². The van der Waals surface area contributed by atoms with Crippen molar-refractivity contribution in [2.75, 3.05) is 20.2 Å². The fourth-order valence-electron chi connectivity index (χ4n) is 3.44. The second kappa shape index (κ2) is 10.3. The molecule has 0 fully saturated rings. The summed E-state index contributed by atoms with van der Waals surface area (Å²) in [6, 6.07) is 7.23. The average molecular weight is 406 g/mol. The van der Waals surface area contributed by atoms with E-state index in [0.717, 1.165) is 19.3 Å². The van der Waals surface area contributed by atoms with Gasteiger partial charge in [-0.1, -0.05) is 36.2 Å². The van der Waals surface area contributed by atoms with Crippen LogP contribution in [0.15, 0.2) is 46.8 Å². The average Bonchev–Trinajstić information content (AvgIpc) is 2.67. The van der Waals surface area contributed by atoms with Gasteiger partial charge in [-0.15, -0.1) is 0 Å². The predicted octanol–water partition coefficient (Wildman–Crippen LogP) is 2.99. The summed E-state index contributed by atoms with van der Waals surface area (Å²) in [5.41, 5.74) is 8.39. The van der Waals surface area contributed by atoms with E-state index in [1.165, 1.54) is 7.11 Å². The summed E-state index contributed by atoms with van der Waals surface area (Å²) in [6.45, 7) is 4.80. The van der Waals surface area contributed by atoms with Gasteiger partial charge >= 0.3 is 5.97 Å². The van der Waals surface area contributed by atoms with Crippen molar-refractivity contribution >= 4 is 23.5 Å². The summed E-state index contributed by atoms with van der Waals surface area (Å²) in [5, 5.41) is 6.59. The number of nitrogens with two attached hydrogens (primary N) is 1. The highest BCUT2D eigenvalue weighted by Crippen LogP contribution is 2.41. The molecule has 0 saturated carbocycles. The van der Waals surface area contributed by atoms with Gasteiger partial charge in [-0.2, -0.15) is 0 Å². The number of rotatable bonds is 8. The quantitative estimate of drug-likeness (QED) is 0.456. The molecular formula is C21H28ClN3O3. The van der Waals surface area contributed by atoms with Crippen LogP contribution in [0.4, 0.5) is 0 Å². The summed E-state index contributed by atoms with van der Waals surface area (Å²) in [4.78, 5) is 25.6. The van der Waals surface area contributed by atoms with Gasteiger partial charge in [-0.05, 0) is 44.9 Å². The summed E-state index contributed by atoms with van der Waals surface area (Å²) in [5.74, 6) is -1.32. The van der Waals surface area contributed by atoms with Gasteiger partial charge in [-0.25, -0.2) is 4.79 Å². The molecule has 28 heavy (non-hydrogen) atoms. The Morgan fingerprint density at radius 2 is 1.82 bits per heavy atom. The van der Waals surface area contributed by atoms with Gasteiger partial charge < -0.3 is 21.1 Å². The first-order valence-corrected chi connectivity index (χ1v) is 9.79. The van der Waals surface area contributed by atoms with Crippen LogP contribution in [0.1, 0.15) is 44.6 Å². The Kier molecular flexibility index (Phi) is 8.08. The Hall–Kier alpha value is -2.31. The Morgan fingerprint density at radius 3 is 2.46 bits per heavy atom. The Balaban J connectivity index is 2.40. The number of dihydropyridines is 1. The molecule has 1 atom stereocenters. The van der Waals surface area contributed by atoms with Crippen molar-refractivity contribution in [2.45, 2.75) is 39.0 Å². The first-order chi connectivity index (χ1) is 13.4. The molecule has 152 valence electrons. The lowest BCUT2D eigenvalue weighted by Crippen LogP contribution is -2.36. The maximum Gasteiger partial charge on any atom is 0.336 e. The number of nitrogens with one attached hydrogen (secondary N) is 2. The number of carbonyl (C=O) groups excluding carboxylic acids is 2. The van der Waals surface area contributed by atoms with Gasteiger partial charge in [0.25, 0.3) is 0 Å². The number of ether oxygens (including phenoxy) is 1. The molecule has 1 unspecified atom stereocenters. The molecule has 1 aliphatic rings. The zero-order chi connectivity index (χ0) is 20.7. The third-order valence-electron chi connectivity index (χ3n) is 4.79. The number of amides is 1. The second-order valence-corrected chi connectivity index (χ2v) is 7.16. The van der Waals surface area contributed by atoms with Crippen LogP contribution < -0.4 is 16.4 Å². The van der Waals surface area contributed by atoms with Gasteiger partial charge in [0.1, 0.15) is 0 Å². The highest BCUT2D eigenvalue weighted by Gasteiger charge is 2.37. The number of hydrogen-bond donors (Lipinski definition) is 3. The number of hydrogen-bond acceptors (Lipinski definition) is 5. The number of methoxy groups -OCH3 is 1. The molecule has 1 aromatic carbocycles. The van der Waals surface area contributed by atoms with Crippen molar-refractivity contribution in [1.29, 1.82) is 0 Å². The second-order valence-electron chi connectivity index (χ2n) is 6.75. The lowest BCUT2D eigenvalue weighted by atomic mass is 9.80. The fourth-order valence-corrected chi connectivity index (χ4v) is 3.68. The van der Waals surface area contributed by atoms with Gasteiger partial charge in [-0.3, -0.25) is 4.79 Å². The maximum absolute atomic E-state index is 13.0. The van der Waals surface area contributed by atoms with Crippen LogP contribution in [-0.4, -0.2) is 32.1 Å². The molecule has 0 aromatic heterocycles. The van der Waals surface area contributed by atoms with E-state index in [1.807, 2.05) is 25.1 Å². The third kappa shape index (κ3) is 4.94. The van der Waals surface area contributed by atoms with Gasteiger partial charge in [0.2, 0.25) is 5.91 Å². The van der Waals surface area contributed by atoms with Crippen LogP contribution in [0, 0.1) is 0 Å². The molecule has 6 nitrogen and oxygen atoms in total. The van der Waals surface area contributed by atoms with Crippen molar-refractivity contribution in [3.8, 4) is 0 Å². The van der Waals surface area contributed by atoms with E-state index in [4.69, 9.17) is 22.1 Å². The van der Waals surface area contributed by atoms with Crippen LogP contribution in [0.2, 0.25) is 5.02 Å². The monoisotopic (exact) mass is 405 g/mol. The van der Waals surface area contributed by atoms with Crippen molar-refractivity contribution < 1.29 is 14.3 Å². The fraction of sp³-hybridized carbons (Fsp3) is 0.429. The lowest BCUT2D eigenvalue weighted by Gasteiger charge is -2.31. The molecular weight excluding hydrogens is 378 g/mol. The smallest absolute Gasteiger partial charge is 0.336 e. The number of carbonyl (C=O) groups is 2. The minimum atomic E-state index is -0.605. The first kappa shape index (κ1) is 22.0. The molecule has 7 heteroatoms. The van der Waals surface area contributed by atoms with Crippen LogP contribution >= 0.6 is 11.6 Å². The first-order valence-electron chi connectivity index (χ1n) is 9.41. The summed E-state index contributed by atoms with van der Waals surface area (Å²) in [6.07, 6.45) is 2.72. The molecule has 0 radical (unpaired) electrons. The minimum absolute atomic E-state index is 0.225. The number of allylic oxidation sites excluding steroid dienone is 2. The molecule has 0 aliphatic carbocycles. The maximum atomic E-state index is 13.0. The summed E-state index contributed by atoms with van der Waals surface area (Å²) < 4.78 is 4.99. The van der Waals surface area contributed by atoms with Crippen molar-refractivity contribution in [1.82, 2.24) is 10.6 Å². The van der Waals surface area contributed by atoms with Gasteiger partial charge in [0.15, 0.2) is 0 Å². The minimum Gasteiger partial charge on any atom is -0.466 e. The van der Waals surface area contributed by atoms with Crippen molar-refractivity contribution in [3.63, 3.8) is 0 Å². The van der Waals surface area contributed by atoms with Gasteiger partial charge in [0.05, 0.1) is 18.6 Å². The molecule has 0 bridgehead atoms. The van der Waals surface area contributed by atoms with Crippen molar-refractivity contribution in [3.05, 3.63) is 57.4 Å². The highest BCUT2D eigenvalue weighted by molar-refractivity contribution is 6.31. The van der Waals surface area contributed by atoms with Crippen LogP contribution in [0.3, 0.4) is 0 Å². The number of benzene rings is 1. The summed E-state index contributed by atoms with van der Waals surface area (Å²) >= 11 is 6.44. The van der Waals surface area contributed by atoms with Crippen molar-refractivity contribution in [2.24, 2.45) is 5.73 Å².